The number of nitro benzene ring substituents is 2. The molecule has 0 saturated carbocycles. The van der Waals surface area contributed by atoms with Crippen molar-refractivity contribution in [2.45, 2.75) is 6.18 Å². The van der Waals surface area contributed by atoms with E-state index in [9.17, 15) is 38.5 Å². The highest BCUT2D eigenvalue weighted by Crippen LogP contribution is 2.35. The first-order valence-corrected chi connectivity index (χ1v) is 7.61. The van der Waals surface area contributed by atoms with Gasteiger partial charge >= 0.3 is 11.9 Å². The fraction of sp³-hybridized carbons (Fsp3) is 0.0714. The second-order valence-corrected chi connectivity index (χ2v) is 5.89. The Morgan fingerprint density at radius 2 is 1.74 bits per heavy atom. The zero-order valence-corrected chi connectivity index (χ0v) is 14.5. The lowest BCUT2D eigenvalue weighted by Crippen LogP contribution is -2.06. The molecule has 0 bridgehead atoms. The van der Waals surface area contributed by atoms with Crippen LogP contribution in [0.3, 0.4) is 0 Å². The van der Waals surface area contributed by atoms with Crippen LogP contribution >= 0.6 is 15.9 Å². The van der Waals surface area contributed by atoms with Crippen molar-refractivity contribution in [3.05, 3.63) is 66.2 Å². The molecule has 27 heavy (non-hydrogen) atoms. The molecule has 0 amide bonds. The summed E-state index contributed by atoms with van der Waals surface area (Å²) in [6.45, 7) is 0. The maximum absolute atomic E-state index is 12.7. The van der Waals surface area contributed by atoms with Crippen LogP contribution in [-0.4, -0.2) is 21.2 Å². The average Bonchev–Trinajstić information content (AvgIpc) is 2.56. The Kier molecular flexibility index (Phi) is 5.64. The first-order chi connectivity index (χ1) is 12.5. The van der Waals surface area contributed by atoms with Crippen molar-refractivity contribution >= 4 is 39.2 Å². The highest BCUT2D eigenvalue weighted by molar-refractivity contribution is 9.10. The summed E-state index contributed by atoms with van der Waals surface area (Å²) in [7, 11) is 0. The highest BCUT2D eigenvalue weighted by Gasteiger charge is 2.33. The second kappa shape index (κ2) is 7.57. The fourth-order valence-corrected chi connectivity index (χ4v) is 2.43. The molecule has 0 unspecified atom stereocenters. The summed E-state index contributed by atoms with van der Waals surface area (Å²) >= 11 is 3.02. The number of phenolic OH excluding ortho intramolecular Hbond substituents is 1. The summed E-state index contributed by atoms with van der Waals surface area (Å²) in [5, 5.41) is 35.2. The summed E-state index contributed by atoms with van der Waals surface area (Å²) in [6, 6.07) is 4.14. The van der Waals surface area contributed by atoms with Gasteiger partial charge in [0.2, 0.25) is 5.75 Å². The molecular formula is C14H8BrF3N4O5. The van der Waals surface area contributed by atoms with Gasteiger partial charge in [-0.1, -0.05) is 15.9 Å². The lowest BCUT2D eigenvalue weighted by molar-refractivity contribution is -0.386. The van der Waals surface area contributed by atoms with Crippen LogP contribution in [0.4, 0.5) is 30.2 Å². The van der Waals surface area contributed by atoms with Gasteiger partial charge in [-0.3, -0.25) is 25.7 Å². The number of phenols is 1. The first kappa shape index (κ1) is 20.1. The van der Waals surface area contributed by atoms with Gasteiger partial charge in [0.25, 0.3) is 5.69 Å². The van der Waals surface area contributed by atoms with E-state index in [2.05, 4.69) is 26.5 Å². The molecule has 0 spiro atoms. The number of hydrazone groups is 1. The number of anilines is 1. The van der Waals surface area contributed by atoms with Gasteiger partial charge in [0.1, 0.15) is 5.69 Å². The molecule has 0 aliphatic rings. The third-order valence-electron chi connectivity index (χ3n) is 3.19. The zero-order valence-electron chi connectivity index (χ0n) is 12.9. The van der Waals surface area contributed by atoms with Crippen LogP contribution in [-0.2, 0) is 6.18 Å². The van der Waals surface area contributed by atoms with Crippen molar-refractivity contribution < 1.29 is 28.1 Å². The molecule has 142 valence electrons. The van der Waals surface area contributed by atoms with Crippen molar-refractivity contribution in [1.82, 2.24) is 0 Å². The van der Waals surface area contributed by atoms with E-state index < -0.39 is 38.7 Å². The number of nitrogens with zero attached hydrogens (tertiary/aromatic N) is 3. The third-order valence-corrected chi connectivity index (χ3v) is 3.65. The Bertz CT molecular complexity index is 949. The smallest absolute Gasteiger partial charge is 0.416 e. The Morgan fingerprint density at radius 3 is 2.30 bits per heavy atom. The lowest BCUT2D eigenvalue weighted by Gasteiger charge is -2.08. The Hall–Kier alpha value is -3.22. The number of hydrogen-bond acceptors (Lipinski definition) is 7. The standard InChI is InChI=1S/C14H8BrF3N4O5/c15-9-3-7(13(23)12(5-9)22(26)27)6-19-20-10-2-1-8(14(16,17)18)4-11(10)21(24)25/h1-6,20,23H/b19-6+. The Labute approximate surface area is 156 Å². The van der Waals surface area contributed by atoms with Gasteiger partial charge in [-0.2, -0.15) is 18.3 Å². The van der Waals surface area contributed by atoms with Gasteiger partial charge < -0.3 is 5.11 Å². The minimum absolute atomic E-state index is 0.0989. The molecule has 2 rings (SSSR count). The van der Waals surface area contributed by atoms with Crippen molar-refractivity contribution in [2.75, 3.05) is 5.43 Å². The van der Waals surface area contributed by atoms with E-state index in [1.807, 2.05) is 0 Å². The molecule has 0 atom stereocenters. The molecular weight excluding hydrogens is 441 g/mol. The predicted molar refractivity (Wildman–Crippen MR) is 91.8 cm³/mol. The molecule has 2 N–H and O–H groups in total. The quantitative estimate of drug-likeness (QED) is 0.394. The van der Waals surface area contributed by atoms with E-state index in [-0.39, 0.29) is 15.7 Å². The molecule has 9 nitrogen and oxygen atoms in total. The number of nitro groups is 2. The van der Waals surface area contributed by atoms with Crippen LogP contribution in [0.25, 0.3) is 0 Å². The normalized spacial score (nSPS) is 11.6. The molecule has 2 aromatic rings. The molecule has 0 saturated heterocycles. The van der Waals surface area contributed by atoms with E-state index in [1.54, 1.807) is 0 Å². The number of benzene rings is 2. The number of aromatic hydroxyl groups is 1. The van der Waals surface area contributed by atoms with Crippen molar-refractivity contribution in [3.8, 4) is 5.75 Å². The van der Waals surface area contributed by atoms with Gasteiger partial charge in [0, 0.05) is 22.2 Å². The topological polar surface area (TPSA) is 131 Å². The maximum atomic E-state index is 12.7. The summed E-state index contributed by atoms with van der Waals surface area (Å²) in [5.74, 6) is -0.698. The van der Waals surface area contributed by atoms with E-state index in [0.717, 1.165) is 18.3 Å². The molecule has 0 heterocycles. The number of nitrogens with one attached hydrogen (secondary N) is 1. The van der Waals surface area contributed by atoms with Crippen molar-refractivity contribution in [1.29, 1.82) is 0 Å². The lowest BCUT2D eigenvalue weighted by atomic mass is 10.1. The Balaban J connectivity index is 2.34. The molecule has 2 aromatic carbocycles. The molecule has 0 aliphatic carbocycles. The summed E-state index contributed by atoms with van der Waals surface area (Å²) in [5.41, 5.74) is -0.936. The van der Waals surface area contributed by atoms with Gasteiger partial charge in [-0.25, -0.2) is 0 Å². The van der Waals surface area contributed by atoms with Gasteiger partial charge in [-0.05, 0) is 18.2 Å². The largest absolute Gasteiger partial charge is 0.502 e. The minimum atomic E-state index is -4.76. The minimum Gasteiger partial charge on any atom is -0.502 e. The number of hydrogen-bond donors (Lipinski definition) is 2. The Morgan fingerprint density at radius 1 is 1.11 bits per heavy atom. The SMILES string of the molecule is O=[N+]([O-])c1cc(C(F)(F)F)ccc1N/N=C/c1cc(Br)cc([N+](=O)[O-])c1O. The van der Waals surface area contributed by atoms with Gasteiger partial charge in [-0.15, -0.1) is 0 Å². The molecule has 0 aliphatic heterocycles. The summed E-state index contributed by atoms with van der Waals surface area (Å²) in [4.78, 5) is 20.0. The van der Waals surface area contributed by atoms with Crippen molar-refractivity contribution in [2.24, 2.45) is 5.10 Å². The van der Waals surface area contributed by atoms with Crippen LogP contribution in [0.15, 0.2) is 39.9 Å². The summed E-state index contributed by atoms with van der Waals surface area (Å²) in [6.07, 6.45) is -3.83. The third kappa shape index (κ3) is 4.69. The van der Waals surface area contributed by atoms with Crippen molar-refractivity contribution in [3.63, 3.8) is 0 Å². The predicted octanol–water partition coefficient (Wildman–Crippen LogP) is 4.44. The van der Waals surface area contributed by atoms with Crippen LogP contribution in [0.5, 0.6) is 5.75 Å². The number of rotatable bonds is 5. The van der Waals surface area contributed by atoms with Crippen LogP contribution in [0, 0.1) is 20.2 Å². The fourth-order valence-electron chi connectivity index (χ4n) is 1.97. The maximum Gasteiger partial charge on any atom is 0.416 e. The number of alkyl halides is 3. The molecule has 0 fully saturated rings. The van der Waals surface area contributed by atoms with E-state index in [0.29, 0.717) is 12.1 Å². The molecule has 0 radical (unpaired) electrons. The second-order valence-electron chi connectivity index (χ2n) is 4.98. The average molecular weight is 449 g/mol. The van der Waals surface area contributed by atoms with Crippen LogP contribution in [0.2, 0.25) is 0 Å². The van der Waals surface area contributed by atoms with E-state index >= 15 is 0 Å². The van der Waals surface area contributed by atoms with Crippen LogP contribution in [0.1, 0.15) is 11.1 Å². The van der Waals surface area contributed by atoms with E-state index in [1.165, 1.54) is 6.07 Å². The number of halogens is 4. The van der Waals surface area contributed by atoms with Gasteiger partial charge in [0.05, 0.1) is 21.6 Å². The van der Waals surface area contributed by atoms with E-state index in [4.69, 9.17) is 0 Å². The monoisotopic (exact) mass is 448 g/mol. The molecule has 13 heteroatoms. The van der Waals surface area contributed by atoms with Gasteiger partial charge in [0.15, 0.2) is 0 Å². The zero-order chi connectivity index (χ0) is 20.4. The summed E-state index contributed by atoms with van der Waals surface area (Å²) < 4.78 is 38.2. The van der Waals surface area contributed by atoms with Crippen LogP contribution < -0.4 is 5.43 Å². The highest BCUT2D eigenvalue weighted by atomic mass is 79.9. The molecule has 0 aromatic heterocycles. The first-order valence-electron chi connectivity index (χ1n) is 6.82.